The first-order chi connectivity index (χ1) is 8.53. The van der Waals surface area contributed by atoms with E-state index in [-0.39, 0.29) is 17.4 Å². The monoisotopic (exact) mass is 285 g/mol. The average Bonchev–Trinajstić information content (AvgIpc) is 2.96. The van der Waals surface area contributed by atoms with Crippen LogP contribution in [0.2, 0.25) is 0 Å². The molecule has 2 aromatic heterocycles. The molecule has 0 bridgehead atoms. The summed E-state index contributed by atoms with van der Waals surface area (Å²) in [5, 5.41) is 4.54. The molecule has 1 saturated heterocycles. The Balaban J connectivity index is 1.86. The maximum atomic E-state index is 11.4. The standard InChI is InChI=1S/C10H11N3O3S2/c11-8-2-1-7(17-8)10-12-9(13-16-10)6-3-4-18(14,15)5-6/h1-2,6H,3-5,11H2. The van der Waals surface area contributed by atoms with Crippen LogP contribution >= 0.6 is 11.3 Å². The van der Waals surface area contributed by atoms with Gasteiger partial charge in [0.25, 0.3) is 5.89 Å². The second-order valence-corrected chi connectivity index (χ2v) is 7.60. The summed E-state index contributed by atoms with van der Waals surface area (Å²) in [4.78, 5) is 5.05. The number of nitrogens with two attached hydrogens (primary N) is 1. The van der Waals surface area contributed by atoms with Crippen LogP contribution in [-0.4, -0.2) is 30.1 Å². The minimum absolute atomic E-state index is 0.110. The maximum Gasteiger partial charge on any atom is 0.268 e. The van der Waals surface area contributed by atoms with Gasteiger partial charge in [0.15, 0.2) is 15.7 Å². The van der Waals surface area contributed by atoms with E-state index in [1.54, 1.807) is 6.07 Å². The van der Waals surface area contributed by atoms with E-state index >= 15 is 0 Å². The molecule has 1 fully saturated rings. The van der Waals surface area contributed by atoms with Crippen LogP contribution in [0, 0.1) is 0 Å². The van der Waals surface area contributed by atoms with E-state index in [0.717, 1.165) is 4.88 Å². The van der Waals surface area contributed by atoms with Gasteiger partial charge in [-0.05, 0) is 18.6 Å². The summed E-state index contributed by atoms with van der Waals surface area (Å²) in [7, 11) is -2.93. The van der Waals surface area contributed by atoms with Gasteiger partial charge in [0.1, 0.15) is 0 Å². The van der Waals surface area contributed by atoms with Gasteiger partial charge in [-0.25, -0.2) is 8.42 Å². The highest BCUT2D eigenvalue weighted by atomic mass is 32.2. The zero-order chi connectivity index (χ0) is 12.8. The minimum atomic E-state index is -2.93. The third-order valence-corrected chi connectivity index (χ3v) is 5.55. The van der Waals surface area contributed by atoms with Crippen LogP contribution in [0.3, 0.4) is 0 Å². The Morgan fingerprint density at radius 1 is 1.44 bits per heavy atom. The molecule has 1 aliphatic heterocycles. The second-order valence-electron chi connectivity index (χ2n) is 4.26. The number of anilines is 1. The van der Waals surface area contributed by atoms with E-state index in [4.69, 9.17) is 10.3 Å². The lowest BCUT2D eigenvalue weighted by Gasteiger charge is -1.97. The van der Waals surface area contributed by atoms with Gasteiger partial charge in [-0.15, -0.1) is 11.3 Å². The first-order valence-corrected chi connectivity index (χ1v) is 8.07. The summed E-state index contributed by atoms with van der Waals surface area (Å²) in [5.41, 5.74) is 5.63. The predicted molar refractivity (Wildman–Crippen MR) is 68.0 cm³/mol. The number of sulfone groups is 1. The van der Waals surface area contributed by atoms with Crippen LogP contribution in [0.15, 0.2) is 16.7 Å². The first-order valence-electron chi connectivity index (χ1n) is 5.43. The number of nitrogen functional groups attached to an aromatic ring is 1. The highest BCUT2D eigenvalue weighted by Gasteiger charge is 2.32. The topological polar surface area (TPSA) is 99.1 Å². The van der Waals surface area contributed by atoms with Gasteiger partial charge < -0.3 is 10.3 Å². The van der Waals surface area contributed by atoms with Gasteiger partial charge in [0, 0.05) is 5.92 Å². The molecule has 6 nitrogen and oxygen atoms in total. The van der Waals surface area contributed by atoms with E-state index in [0.29, 0.717) is 23.1 Å². The van der Waals surface area contributed by atoms with Gasteiger partial charge in [-0.2, -0.15) is 4.98 Å². The Hall–Kier alpha value is -1.41. The molecule has 0 aliphatic carbocycles. The second kappa shape index (κ2) is 4.06. The fourth-order valence-corrected chi connectivity index (χ4v) is 4.40. The van der Waals surface area contributed by atoms with Crippen molar-refractivity contribution in [1.29, 1.82) is 0 Å². The van der Waals surface area contributed by atoms with Crippen LogP contribution in [0.25, 0.3) is 10.8 Å². The van der Waals surface area contributed by atoms with Crippen LogP contribution < -0.4 is 5.73 Å². The van der Waals surface area contributed by atoms with Crippen molar-refractivity contribution >= 4 is 26.2 Å². The lowest BCUT2D eigenvalue weighted by Crippen LogP contribution is -2.04. The van der Waals surface area contributed by atoms with Crippen molar-refractivity contribution in [3.8, 4) is 10.8 Å². The highest BCUT2D eigenvalue weighted by Crippen LogP contribution is 2.31. The Morgan fingerprint density at radius 3 is 2.89 bits per heavy atom. The molecule has 96 valence electrons. The van der Waals surface area contributed by atoms with Crippen molar-refractivity contribution in [1.82, 2.24) is 10.1 Å². The molecular weight excluding hydrogens is 274 g/mol. The summed E-state index contributed by atoms with van der Waals surface area (Å²) in [6, 6.07) is 3.58. The Bertz CT molecular complexity index is 674. The predicted octanol–water partition coefficient (Wildman–Crippen LogP) is 1.28. The van der Waals surface area contributed by atoms with E-state index in [1.165, 1.54) is 11.3 Å². The van der Waals surface area contributed by atoms with Crippen molar-refractivity contribution in [2.24, 2.45) is 0 Å². The number of rotatable bonds is 2. The van der Waals surface area contributed by atoms with Crippen molar-refractivity contribution in [2.45, 2.75) is 12.3 Å². The first kappa shape index (κ1) is 11.7. The average molecular weight is 285 g/mol. The fourth-order valence-electron chi connectivity index (χ4n) is 1.97. The Labute approximate surface area is 108 Å². The van der Waals surface area contributed by atoms with Crippen LogP contribution in [0.5, 0.6) is 0 Å². The molecule has 2 aromatic rings. The fraction of sp³-hybridized carbons (Fsp3) is 0.400. The highest BCUT2D eigenvalue weighted by molar-refractivity contribution is 7.91. The zero-order valence-electron chi connectivity index (χ0n) is 9.37. The van der Waals surface area contributed by atoms with Crippen molar-refractivity contribution in [3.63, 3.8) is 0 Å². The molecule has 1 atom stereocenters. The summed E-state index contributed by atoms with van der Waals surface area (Å²) in [5.74, 6) is 1.03. The van der Waals surface area contributed by atoms with E-state index in [1.807, 2.05) is 6.07 Å². The zero-order valence-corrected chi connectivity index (χ0v) is 11.0. The molecule has 0 radical (unpaired) electrons. The molecule has 1 aliphatic rings. The molecule has 0 spiro atoms. The van der Waals surface area contributed by atoms with Gasteiger partial charge in [0.2, 0.25) is 0 Å². The van der Waals surface area contributed by atoms with Gasteiger partial charge in [0.05, 0.1) is 21.4 Å². The normalized spacial score (nSPS) is 22.3. The molecule has 1 unspecified atom stereocenters. The van der Waals surface area contributed by atoms with E-state index < -0.39 is 9.84 Å². The number of aromatic nitrogens is 2. The van der Waals surface area contributed by atoms with Crippen LogP contribution in [0.4, 0.5) is 5.00 Å². The Morgan fingerprint density at radius 2 is 2.28 bits per heavy atom. The Kier molecular flexibility index (Phi) is 2.63. The summed E-state index contributed by atoms with van der Waals surface area (Å²) < 4.78 is 27.9. The van der Waals surface area contributed by atoms with Crippen LogP contribution in [0.1, 0.15) is 18.2 Å². The van der Waals surface area contributed by atoms with Gasteiger partial charge in [-0.3, -0.25) is 0 Å². The van der Waals surface area contributed by atoms with Crippen molar-refractivity contribution in [2.75, 3.05) is 17.2 Å². The smallest absolute Gasteiger partial charge is 0.268 e. The number of hydrogen-bond acceptors (Lipinski definition) is 7. The summed E-state index contributed by atoms with van der Waals surface area (Å²) in [6.07, 6.45) is 0.563. The third-order valence-electron chi connectivity index (χ3n) is 2.88. The quantitative estimate of drug-likeness (QED) is 0.892. The molecule has 0 saturated carbocycles. The molecular formula is C10H11N3O3S2. The molecule has 3 heterocycles. The lowest BCUT2D eigenvalue weighted by molar-refractivity contribution is 0.418. The molecule has 8 heteroatoms. The third kappa shape index (κ3) is 2.13. The summed E-state index contributed by atoms with van der Waals surface area (Å²) >= 11 is 1.36. The molecule has 0 aromatic carbocycles. The minimum Gasteiger partial charge on any atom is -0.391 e. The van der Waals surface area contributed by atoms with Crippen molar-refractivity contribution < 1.29 is 12.9 Å². The summed E-state index contributed by atoms with van der Waals surface area (Å²) in [6.45, 7) is 0. The largest absolute Gasteiger partial charge is 0.391 e. The van der Waals surface area contributed by atoms with Crippen molar-refractivity contribution in [3.05, 3.63) is 18.0 Å². The molecule has 0 amide bonds. The SMILES string of the molecule is Nc1ccc(-c2nc(C3CCS(=O)(=O)C3)no2)s1. The lowest BCUT2D eigenvalue weighted by atomic mass is 10.1. The number of nitrogens with zero attached hydrogens (tertiary/aromatic N) is 2. The maximum absolute atomic E-state index is 11.4. The van der Waals surface area contributed by atoms with Gasteiger partial charge >= 0.3 is 0 Å². The number of thiophene rings is 1. The molecule has 2 N–H and O–H groups in total. The van der Waals surface area contributed by atoms with Gasteiger partial charge in [-0.1, -0.05) is 5.16 Å². The molecule has 18 heavy (non-hydrogen) atoms. The number of hydrogen-bond donors (Lipinski definition) is 1. The molecule has 3 rings (SSSR count). The van der Waals surface area contributed by atoms with Crippen LogP contribution in [-0.2, 0) is 9.84 Å². The van der Waals surface area contributed by atoms with E-state index in [2.05, 4.69) is 10.1 Å². The van der Waals surface area contributed by atoms with E-state index in [9.17, 15) is 8.42 Å².